The Morgan fingerprint density at radius 2 is 1.96 bits per heavy atom. The second-order valence-corrected chi connectivity index (χ2v) is 6.93. The van der Waals surface area contributed by atoms with Crippen molar-refractivity contribution in [2.75, 3.05) is 20.7 Å². The van der Waals surface area contributed by atoms with Crippen molar-refractivity contribution in [2.45, 2.75) is 31.4 Å². The van der Waals surface area contributed by atoms with Crippen molar-refractivity contribution in [3.05, 3.63) is 70.8 Å². The topological polar surface area (TPSA) is 45.7 Å². The van der Waals surface area contributed by atoms with Gasteiger partial charge in [0.1, 0.15) is 11.6 Å². The highest BCUT2D eigenvalue weighted by molar-refractivity contribution is 5.79. The zero-order chi connectivity index (χ0) is 19.3. The van der Waals surface area contributed by atoms with Crippen molar-refractivity contribution in [1.29, 1.82) is 0 Å². The van der Waals surface area contributed by atoms with Crippen molar-refractivity contribution >= 4 is 5.96 Å². The maximum atomic E-state index is 13.7. The normalized spacial score (nSPS) is 15.5. The highest BCUT2D eigenvalue weighted by Gasteiger charge is 2.44. The molecular weight excluding hydrogens is 348 g/mol. The second-order valence-electron chi connectivity index (χ2n) is 6.93. The van der Waals surface area contributed by atoms with E-state index in [-0.39, 0.29) is 23.7 Å². The second kappa shape index (κ2) is 8.48. The fraction of sp³-hybridized carbons (Fsp3) is 0.381. The lowest BCUT2D eigenvalue weighted by Crippen LogP contribution is -2.40. The third-order valence-electron chi connectivity index (χ3n) is 4.98. The lowest BCUT2D eigenvalue weighted by molar-refractivity contribution is 0.181. The Balaban J connectivity index is 1.57. The number of nitrogens with one attached hydrogen (secondary N) is 2. The molecule has 1 aliphatic carbocycles. The summed E-state index contributed by atoms with van der Waals surface area (Å²) in [6.45, 7) is 1.45. The summed E-state index contributed by atoms with van der Waals surface area (Å²) in [4.78, 5) is 4.24. The monoisotopic (exact) mass is 373 g/mol. The van der Waals surface area contributed by atoms with E-state index >= 15 is 0 Å². The molecule has 2 aromatic rings. The summed E-state index contributed by atoms with van der Waals surface area (Å²) >= 11 is 0. The Bertz CT molecular complexity index is 819. The summed E-state index contributed by atoms with van der Waals surface area (Å²) in [5.41, 5.74) is 2.47. The zero-order valence-corrected chi connectivity index (χ0v) is 15.7. The number of aliphatic imine (C=N–C) groups is 1. The molecule has 0 saturated heterocycles. The van der Waals surface area contributed by atoms with Gasteiger partial charge < -0.3 is 15.4 Å². The molecule has 2 N–H and O–H groups in total. The summed E-state index contributed by atoms with van der Waals surface area (Å²) in [5, 5.41) is 6.57. The van der Waals surface area contributed by atoms with E-state index in [0.29, 0.717) is 24.6 Å². The van der Waals surface area contributed by atoms with Crippen LogP contribution in [0.1, 0.15) is 29.5 Å². The number of methoxy groups -OCH3 is 1. The van der Waals surface area contributed by atoms with Crippen LogP contribution in [0.3, 0.4) is 0 Å². The predicted molar refractivity (Wildman–Crippen MR) is 103 cm³/mol. The highest BCUT2D eigenvalue weighted by Crippen LogP contribution is 2.47. The molecule has 144 valence electrons. The van der Waals surface area contributed by atoms with E-state index in [2.05, 4.69) is 15.6 Å². The molecule has 1 aliphatic rings. The number of halogens is 2. The Morgan fingerprint density at radius 3 is 2.63 bits per heavy atom. The predicted octanol–water partition coefficient (Wildman–Crippen LogP) is 3.51. The molecule has 6 heteroatoms. The third kappa shape index (κ3) is 4.83. The van der Waals surface area contributed by atoms with Crippen LogP contribution in [0.25, 0.3) is 0 Å². The molecule has 4 nitrogen and oxygen atoms in total. The van der Waals surface area contributed by atoms with Gasteiger partial charge in [0.25, 0.3) is 0 Å². The first-order valence-electron chi connectivity index (χ1n) is 9.03. The number of hydrogen-bond acceptors (Lipinski definition) is 2. The molecule has 3 rings (SSSR count). The van der Waals surface area contributed by atoms with Crippen LogP contribution >= 0.6 is 0 Å². The number of nitrogens with zero attached hydrogens (tertiary/aromatic N) is 1. The first kappa shape index (κ1) is 19.3. The van der Waals surface area contributed by atoms with Gasteiger partial charge in [0.15, 0.2) is 5.96 Å². The minimum Gasteiger partial charge on any atom is -0.380 e. The molecule has 0 bridgehead atoms. The summed E-state index contributed by atoms with van der Waals surface area (Å²) < 4.78 is 32.3. The van der Waals surface area contributed by atoms with Crippen molar-refractivity contribution in [3.63, 3.8) is 0 Å². The minimum absolute atomic E-state index is 0.0266. The molecule has 0 unspecified atom stereocenters. The summed E-state index contributed by atoms with van der Waals surface area (Å²) in [7, 11) is 3.25. The van der Waals surface area contributed by atoms with Crippen LogP contribution in [0.15, 0.2) is 47.5 Å². The van der Waals surface area contributed by atoms with Crippen LogP contribution in [-0.4, -0.2) is 26.7 Å². The Kier molecular flexibility index (Phi) is 6.06. The standard InChI is InChI=1S/C21H25F2N3O/c1-24-20(25-12-15-6-7-19(23)16(10-15)13-27-2)26-14-21(8-9-21)17-4-3-5-18(22)11-17/h3-7,10-11H,8-9,12-14H2,1-2H3,(H2,24,25,26). The highest BCUT2D eigenvalue weighted by atomic mass is 19.1. The zero-order valence-electron chi connectivity index (χ0n) is 15.7. The fourth-order valence-corrected chi connectivity index (χ4v) is 3.20. The molecule has 0 heterocycles. The number of rotatable bonds is 7. The van der Waals surface area contributed by atoms with Crippen LogP contribution in [-0.2, 0) is 23.3 Å². The van der Waals surface area contributed by atoms with Crippen molar-refractivity contribution in [1.82, 2.24) is 10.6 Å². The van der Waals surface area contributed by atoms with Gasteiger partial charge in [-0.1, -0.05) is 18.2 Å². The minimum atomic E-state index is -0.270. The van der Waals surface area contributed by atoms with Crippen LogP contribution in [0.5, 0.6) is 0 Å². The first-order valence-corrected chi connectivity index (χ1v) is 9.03. The number of hydrogen-bond donors (Lipinski definition) is 2. The number of guanidine groups is 1. The third-order valence-corrected chi connectivity index (χ3v) is 4.98. The summed E-state index contributed by atoms with van der Waals surface area (Å²) in [6, 6.07) is 11.8. The maximum absolute atomic E-state index is 13.7. The van der Waals surface area contributed by atoms with Crippen LogP contribution in [0, 0.1) is 11.6 Å². The maximum Gasteiger partial charge on any atom is 0.191 e. The molecule has 2 aromatic carbocycles. The van der Waals surface area contributed by atoms with E-state index in [4.69, 9.17) is 4.74 Å². The van der Waals surface area contributed by atoms with Gasteiger partial charge >= 0.3 is 0 Å². The molecule has 0 aliphatic heterocycles. The van der Waals surface area contributed by atoms with Gasteiger partial charge in [-0.2, -0.15) is 0 Å². The summed E-state index contributed by atoms with van der Waals surface area (Å²) in [5.74, 6) is 0.189. The van der Waals surface area contributed by atoms with Gasteiger partial charge in [-0.05, 0) is 48.2 Å². The van der Waals surface area contributed by atoms with E-state index in [1.807, 2.05) is 6.07 Å². The fourth-order valence-electron chi connectivity index (χ4n) is 3.20. The van der Waals surface area contributed by atoms with Gasteiger partial charge in [-0.3, -0.25) is 4.99 Å². The van der Waals surface area contributed by atoms with E-state index < -0.39 is 0 Å². The van der Waals surface area contributed by atoms with E-state index in [0.717, 1.165) is 24.0 Å². The van der Waals surface area contributed by atoms with Gasteiger partial charge in [0.05, 0.1) is 6.61 Å². The lowest BCUT2D eigenvalue weighted by atomic mass is 9.96. The number of benzene rings is 2. The van der Waals surface area contributed by atoms with Crippen LogP contribution < -0.4 is 10.6 Å². The van der Waals surface area contributed by atoms with Crippen molar-refractivity contribution in [2.24, 2.45) is 4.99 Å². The van der Waals surface area contributed by atoms with Crippen LogP contribution in [0.4, 0.5) is 8.78 Å². The molecule has 0 spiro atoms. The Morgan fingerprint density at radius 1 is 1.15 bits per heavy atom. The smallest absolute Gasteiger partial charge is 0.191 e. The van der Waals surface area contributed by atoms with Gasteiger partial charge in [0.2, 0.25) is 0 Å². The quantitative estimate of drug-likeness (QED) is 0.577. The average Bonchev–Trinajstić information content (AvgIpc) is 3.46. The van der Waals surface area contributed by atoms with Gasteiger partial charge in [-0.25, -0.2) is 8.78 Å². The largest absolute Gasteiger partial charge is 0.380 e. The molecule has 0 amide bonds. The van der Waals surface area contributed by atoms with Crippen LogP contribution in [0.2, 0.25) is 0 Å². The van der Waals surface area contributed by atoms with Crippen molar-refractivity contribution in [3.8, 4) is 0 Å². The molecule has 1 fully saturated rings. The van der Waals surface area contributed by atoms with Gasteiger partial charge in [-0.15, -0.1) is 0 Å². The average molecular weight is 373 g/mol. The molecule has 27 heavy (non-hydrogen) atoms. The molecule has 0 aromatic heterocycles. The van der Waals surface area contributed by atoms with Crippen molar-refractivity contribution < 1.29 is 13.5 Å². The van der Waals surface area contributed by atoms with E-state index in [1.165, 1.54) is 12.1 Å². The molecule has 1 saturated carbocycles. The first-order chi connectivity index (χ1) is 13.1. The van der Waals surface area contributed by atoms with E-state index in [1.54, 1.807) is 38.4 Å². The van der Waals surface area contributed by atoms with Gasteiger partial charge in [0, 0.05) is 38.2 Å². The lowest BCUT2D eigenvalue weighted by Gasteiger charge is -2.19. The SMILES string of the molecule is CN=C(NCc1ccc(F)c(COC)c1)NCC1(c2cccc(F)c2)CC1. The van der Waals surface area contributed by atoms with E-state index in [9.17, 15) is 8.78 Å². The Hall–Kier alpha value is -2.47. The number of ether oxygens (including phenoxy) is 1. The molecule has 0 radical (unpaired) electrons. The Labute approximate surface area is 158 Å². The molecule has 0 atom stereocenters. The summed E-state index contributed by atoms with van der Waals surface area (Å²) in [6.07, 6.45) is 2.05. The molecular formula is C21H25F2N3O.